The molecule has 154 valence electrons. The van der Waals surface area contributed by atoms with Gasteiger partial charge in [-0.2, -0.15) is 0 Å². The van der Waals surface area contributed by atoms with Gasteiger partial charge in [0.25, 0.3) is 11.8 Å². The summed E-state index contributed by atoms with van der Waals surface area (Å²) < 4.78 is 5.09. The molecule has 0 aromatic heterocycles. The minimum absolute atomic E-state index is 0.156. The van der Waals surface area contributed by atoms with Gasteiger partial charge in [-0.25, -0.2) is 9.69 Å². The van der Waals surface area contributed by atoms with Crippen molar-refractivity contribution in [1.82, 2.24) is 9.80 Å². The number of rotatable bonds is 7. The number of hydrogen-bond donors (Lipinski definition) is 0. The maximum absolute atomic E-state index is 12.6. The van der Waals surface area contributed by atoms with E-state index in [2.05, 4.69) is 0 Å². The van der Waals surface area contributed by atoms with Crippen LogP contribution in [-0.4, -0.2) is 52.8 Å². The highest BCUT2D eigenvalue weighted by molar-refractivity contribution is 6.21. The van der Waals surface area contributed by atoms with Crippen LogP contribution in [0.15, 0.2) is 54.6 Å². The molecule has 0 bridgehead atoms. The van der Waals surface area contributed by atoms with Crippen LogP contribution in [0.2, 0.25) is 0 Å². The number of carbonyl (C=O) groups is 4. The van der Waals surface area contributed by atoms with Gasteiger partial charge in [0.05, 0.1) is 17.2 Å². The van der Waals surface area contributed by atoms with Crippen molar-refractivity contribution in [3.8, 4) is 0 Å². The molecule has 2 heterocycles. The smallest absolute Gasteiger partial charge is 0.416 e. The van der Waals surface area contributed by atoms with E-state index in [1.54, 1.807) is 24.3 Å². The quantitative estimate of drug-likeness (QED) is 0.521. The zero-order chi connectivity index (χ0) is 21.1. The summed E-state index contributed by atoms with van der Waals surface area (Å²) in [5.74, 6) is -0.887. The molecule has 1 fully saturated rings. The maximum atomic E-state index is 12.6. The van der Waals surface area contributed by atoms with Gasteiger partial charge < -0.3 is 4.74 Å². The van der Waals surface area contributed by atoms with Crippen LogP contribution >= 0.6 is 0 Å². The lowest BCUT2D eigenvalue weighted by Crippen LogP contribution is -2.40. The molecule has 2 aliphatic heterocycles. The molecule has 7 heteroatoms. The van der Waals surface area contributed by atoms with Crippen LogP contribution in [0.3, 0.4) is 0 Å². The number of cyclic esters (lactones) is 1. The molecule has 0 aliphatic carbocycles. The molecule has 2 aromatic rings. The van der Waals surface area contributed by atoms with Crippen molar-refractivity contribution in [2.75, 3.05) is 13.2 Å². The molecule has 0 saturated carbocycles. The molecule has 4 rings (SSSR count). The first-order valence-corrected chi connectivity index (χ1v) is 10.0. The van der Waals surface area contributed by atoms with Crippen molar-refractivity contribution < 1.29 is 23.9 Å². The Morgan fingerprint density at radius 2 is 1.53 bits per heavy atom. The molecule has 0 spiro atoms. The summed E-state index contributed by atoms with van der Waals surface area (Å²) in [4.78, 5) is 51.9. The number of amides is 4. The lowest BCUT2D eigenvalue weighted by atomic mass is 10.1. The van der Waals surface area contributed by atoms with Gasteiger partial charge in [-0.3, -0.25) is 19.3 Å². The van der Waals surface area contributed by atoms with E-state index in [1.165, 1.54) is 9.80 Å². The Bertz CT molecular complexity index is 953. The van der Waals surface area contributed by atoms with Gasteiger partial charge >= 0.3 is 6.09 Å². The minimum atomic E-state index is -0.610. The summed E-state index contributed by atoms with van der Waals surface area (Å²) in [6.45, 7) is 0.437. The highest BCUT2D eigenvalue weighted by Crippen LogP contribution is 2.23. The van der Waals surface area contributed by atoms with Crippen molar-refractivity contribution in [3.63, 3.8) is 0 Å². The van der Waals surface area contributed by atoms with Crippen LogP contribution < -0.4 is 0 Å². The summed E-state index contributed by atoms with van der Waals surface area (Å²) in [5.41, 5.74) is 1.87. The number of nitrogens with zero attached hydrogens (tertiary/aromatic N) is 2. The molecule has 2 aromatic carbocycles. The van der Waals surface area contributed by atoms with Crippen LogP contribution in [0, 0.1) is 0 Å². The first-order chi connectivity index (χ1) is 14.6. The molecule has 30 heavy (non-hydrogen) atoms. The predicted molar refractivity (Wildman–Crippen MR) is 108 cm³/mol. The number of hydrogen-bond acceptors (Lipinski definition) is 5. The molecule has 1 saturated heterocycles. The molecule has 0 unspecified atom stereocenters. The van der Waals surface area contributed by atoms with Gasteiger partial charge in [0, 0.05) is 13.0 Å². The monoisotopic (exact) mass is 406 g/mol. The normalized spacial score (nSPS) is 18.0. The molecule has 0 radical (unpaired) electrons. The number of benzene rings is 2. The fourth-order valence-corrected chi connectivity index (χ4v) is 3.91. The highest BCUT2D eigenvalue weighted by Gasteiger charge is 2.38. The van der Waals surface area contributed by atoms with Crippen molar-refractivity contribution in [2.24, 2.45) is 0 Å². The van der Waals surface area contributed by atoms with E-state index in [4.69, 9.17) is 4.74 Å². The predicted octanol–water partition coefficient (Wildman–Crippen LogP) is 3.04. The molecular weight excluding hydrogens is 384 g/mol. The number of carbonyl (C=O) groups excluding carboxylic acids is 4. The third-order valence-corrected chi connectivity index (χ3v) is 5.44. The van der Waals surface area contributed by atoms with Gasteiger partial charge in [0.1, 0.15) is 6.61 Å². The molecule has 4 amide bonds. The van der Waals surface area contributed by atoms with Gasteiger partial charge in [-0.1, -0.05) is 42.5 Å². The van der Waals surface area contributed by atoms with Crippen molar-refractivity contribution >= 4 is 23.8 Å². The second kappa shape index (κ2) is 8.49. The maximum Gasteiger partial charge on any atom is 0.416 e. The molecular formula is C23H22N2O5. The molecule has 7 nitrogen and oxygen atoms in total. The molecule has 2 aliphatic rings. The fourth-order valence-electron chi connectivity index (χ4n) is 3.91. The fraction of sp³-hybridized carbons (Fsp3) is 0.304. The van der Waals surface area contributed by atoms with E-state index in [9.17, 15) is 19.2 Å². The Kier molecular flexibility index (Phi) is 5.61. The summed E-state index contributed by atoms with van der Waals surface area (Å²) in [7, 11) is 0. The zero-order valence-corrected chi connectivity index (χ0v) is 16.5. The van der Waals surface area contributed by atoms with E-state index < -0.39 is 6.09 Å². The highest BCUT2D eigenvalue weighted by atomic mass is 16.6. The van der Waals surface area contributed by atoms with E-state index in [-0.39, 0.29) is 43.3 Å². The van der Waals surface area contributed by atoms with Crippen LogP contribution in [0.25, 0.3) is 0 Å². The van der Waals surface area contributed by atoms with Gasteiger partial charge in [0.15, 0.2) is 0 Å². The SMILES string of the molecule is O=C1c2ccccc2C(=O)N1CCCCC(=O)N1C(=O)OC[C@H]1Cc1ccccc1. The number of imide groups is 2. The molecule has 0 N–H and O–H groups in total. The Labute approximate surface area is 174 Å². The summed E-state index contributed by atoms with van der Waals surface area (Å²) in [6, 6.07) is 16.1. The summed E-state index contributed by atoms with van der Waals surface area (Å²) in [6.07, 6.45) is 1.05. The van der Waals surface area contributed by atoms with Crippen molar-refractivity contribution in [2.45, 2.75) is 31.7 Å². The van der Waals surface area contributed by atoms with Crippen molar-refractivity contribution in [1.29, 1.82) is 0 Å². The first-order valence-electron chi connectivity index (χ1n) is 10.0. The molecule has 1 atom stereocenters. The Morgan fingerprint density at radius 3 is 2.20 bits per heavy atom. The number of unbranched alkanes of at least 4 members (excludes halogenated alkanes) is 1. The summed E-state index contributed by atoms with van der Waals surface area (Å²) >= 11 is 0. The van der Waals surface area contributed by atoms with Crippen LogP contribution in [0.1, 0.15) is 45.5 Å². The lowest BCUT2D eigenvalue weighted by molar-refractivity contribution is -0.129. The first kappa shape index (κ1) is 19.8. The number of fused-ring (bicyclic) bond motifs is 1. The largest absolute Gasteiger partial charge is 0.447 e. The third-order valence-electron chi connectivity index (χ3n) is 5.44. The Morgan fingerprint density at radius 1 is 0.900 bits per heavy atom. The standard InChI is InChI=1S/C23H22N2O5/c26-20(25-17(15-30-23(25)29)14-16-8-2-1-3-9-16)12-6-7-13-24-21(27)18-10-4-5-11-19(18)22(24)28/h1-5,8-11,17H,6-7,12-15H2/t17-/m1/s1. The minimum Gasteiger partial charge on any atom is -0.447 e. The Hall–Kier alpha value is -3.48. The van der Waals surface area contributed by atoms with Crippen LogP contribution in [0.4, 0.5) is 4.79 Å². The van der Waals surface area contributed by atoms with E-state index in [0.717, 1.165) is 5.56 Å². The van der Waals surface area contributed by atoms with E-state index >= 15 is 0 Å². The van der Waals surface area contributed by atoms with Crippen molar-refractivity contribution in [3.05, 3.63) is 71.3 Å². The zero-order valence-electron chi connectivity index (χ0n) is 16.5. The van der Waals surface area contributed by atoms with Crippen LogP contribution in [0.5, 0.6) is 0 Å². The third kappa shape index (κ3) is 3.83. The summed E-state index contributed by atoms with van der Waals surface area (Å²) in [5, 5.41) is 0. The lowest BCUT2D eigenvalue weighted by Gasteiger charge is -2.20. The average Bonchev–Trinajstić information content (AvgIpc) is 3.24. The second-order valence-electron chi connectivity index (χ2n) is 7.45. The number of ether oxygens (including phenoxy) is 1. The van der Waals surface area contributed by atoms with Gasteiger partial charge in [-0.05, 0) is 37.0 Å². The second-order valence-corrected chi connectivity index (χ2v) is 7.45. The Balaban J connectivity index is 1.29. The van der Waals surface area contributed by atoms with E-state index in [0.29, 0.717) is 30.4 Å². The van der Waals surface area contributed by atoms with Crippen LogP contribution in [-0.2, 0) is 16.0 Å². The average molecular weight is 406 g/mol. The van der Waals surface area contributed by atoms with Gasteiger partial charge in [0.2, 0.25) is 5.91 Å². The van der Waals surface area contributed by atoms with Gasteiger partial charge in [-0.15, -0.1) is 0 Å². The van der Waals surface area contributed by atoms with E-state index in [1.807, 2.05) is 30.3 Å². The topological polar surface area (TPSA) is 84.0 Å².